The van der Waals surface area contributed by atoms with Crippen molar-refractivity contribution in [3.63, 3.8) is 0 Å². The van der Waals surface area contributed by atoms with E-state index in [2.05, 4.69) is 21.6 Å². The van der Waals surface area contributed by atoms with Gasteiger partial charge in [-0.2, -0.15) is 0 Å². The number of nitrogens with zero attached hydrogens (tertiary/aromatic N) is 1. The van der Waals surface area contributed by atoms with Gasteiger partial charge in [0.1, 0.15) is 5.75 Å². The summed E-state index contributed by atoms with van der Waals surface area (Å²) in [6, 6.07) is 8.12. The number of hydrogen-bond acceptors (Lipinski definition) is 4. The number of carbonyl (C=O) groups is 1. The quantitative estimate of drug-likeness (QED) is 0.824. The molecule has 0 spiro atoms. The Morgan fingerprint density at radius 1 is 1.48 bits per heavy atom. The van der Waals surface area contributed by atoms with Crippen LogP contribution in [0.3, 0.4) is 0 Å². The molecule has 0 aliphatic carbocycles. The van der Waals surface area contributed by atoms with Crippen molar-refractivity contribution in [3.05, 3.63) is 29.8 Å². The Bertz CT molecular complexity index is 464. The number of benzene rings is 1. The van der Waals surface area contributed by atoms with E-state index >= 15 is 0 Å². The van der Waals surface area contributed by atoms with E-state index < -0.39 is 0 Å². The van der Waals surface area contributed by atoms with E-state index in [1.807, 2.05) is 32.3 Å². The van der Waals surface area contributed by atoms with Crippen LogP contribution in [-0.2, 0) is 4.79 Å². The molecule has 1 heterocycles. The Morgan fingerprint density at radius 2 is 2.19 bits per heavy atom. The number of methoxy groups -OCH3 is 1. The van der Waals surface area contributed by atoms with Gasteiger partial charge >= 0.3 is 0 Å². The number of carbonyl (C=O) groups excluding carboxylic acids is 1. The van der Waals surface area contributed by atoms with Crippen LogP contribution in [0.5, 0.6) is 5.75 Å². The molecule has 0 aromatic heterocycles. The van der Waals surface area contributed by atoms with E-state index in [4.69, 9.17) is 4.74 Å². The standard InChI is InChI=1S/C15H23N3O2.ClH/c1-18(2)14(10-17-15(19)12-8-16-9-12)11-5-4-6-13(7-11)20-3;/h4-7,12,14,16H,8-10H2,1-3H3,(H,17,19);1H. The second kappa shape index (κ2) is 8.22. The van der Waals surface area contributed by atoms with Crippen molar-refractivity contribution in [3.8, 4) is 5.75 Å². The third-order valence-electron chi connectivity index (χ3n) is 3.72. The monoisotopic (exact) mass is 313 g/mol. The lowest BCUT2D eigenvalue weighted by Crippen LogP contribution is -2.51. The second-order valence-electron chi connectivity index (χ2n) is 5.36. The SMILES string of the molecule is COc1cccc(C(CNC(=O)C2CNC2)N(C)C)c1.Cl. The first kappa shape index (κ1) is 17.8. The molecular formula is C15H24ClN3O2. The predicted molar refractivity (Wildman–Crippen MR) is 86.0 cm³/mol. The Kier molecular flexibility index (Phi) is 6.95. The maximum Gasteiger partial charge on any atom is 0.225 e. The van der Waals surface area contributed by atoms with Gasteiger partial charge in [-0.15, -0.1) is 12.4 Å². The van der Waals surface area contributed by atoms with E-state index in [9.17, 15) is 4.79 Å². The number of hydrogen-bond donors (Lipinski definition) is 2. The molecule has 1 amide bonds. The number of halogens is 1. The lowest BCUT2D eigenvalue weighted by atomic mass is 10.0. The van der Waals surface area contributed by atoms with E-state index in [0.29, 0.717) is 6.54 Å². The van der Waals surface area contributed by atoms with Crippen LogP contribution in [0, 0.1) is 5.92 Å². The lowest BCUT2D eigenvalue weighted by Gasteiger charge is -2.29. The Morgan fingerprint density at radius 3 is 2.71 bits per heavy atom. The first-order valence-corrected chi connectivity index (χ1v) is 6.90. The number of likely N-dealkylation sites (N-methyl/N-ethyl adjacent to an activating group) is 1. The summed E-state index contributed by atoms with van der Waals surface area (Å²) in [4.78, 5) is 14.0. The molecule has 1 aliphatic rings. The van der Waals surface area contributed by atoms with E-state index in [1.54, 1.807) is 7.11 Å². The van der Waals surface area contributed by atoms with Crippen LogP contribution < -0.4 is 15.4 Å². The van der Waals surface area contributed by atoms with Gasteiger partial charge in [0.05, 0.1) is 19.1 Å². The van der Waals surface area contributed by atoms with Crippen molar-refractivity contribution in [1.29, 1.82) is 0 Å². The fraction of sp³-hybridized carbons (Fsp3) is 0.533. The largest absolute Gasteiger partial charge is 0.497 e. The van der Waals surface area contributed by atoms with Gasteiger partial charge in [0.2, 0.25) is 5.91 Å². The first-order chi connectivity index (χ1) is 9.61. The highest BCUT2D eigenvalue weighted by molar-refractivity contribution is 5.85. The van der Waals surface area contributed by atoms with E-state index in [0.717, 1.165) is 24.4 Å². The molecule has 1 unspecified atom stereocenters. The molecule has 1 fully saturated rings. The fourth-order valence-corrected chi connectivity index (χ4v) is 2.26. The van der Waals surface area contributed by atoms with E-state index in [-0.39, 0.29) is 30.3 Å². The fourth-order valence-electron chi connectivity index (χ4n) is 2.26. The number of nitrogens with one attached hydrogen (secondary N) is 2. The van der Waals surface area contributed by atoms with Gasteiger partial charge in [-0.1, -0.05) is 12.1 Å². The molecule has 6 heteroatoms. The summed E-state index contributed by atoms with van der Waals surface area (Å²) in [7, 11) is 5.69. The van der Waals surface area contributed by atoms with Crippen molar-refractivity contribution in [1.82, 2.24) is 15.5 Å². The zero-order valence-corrected chi connectivity index (χ0v) is 13.6. The topological polar surface area (TPSA) is 53.6 Å². The van der Waals surface area contributed by atoms with Crippen molar-refractivity contribution in [2.75, 3.05) is 40.8 Å². The smallest absolute Gasteiger partial charge is 0.225 e. The van der Waals surface area contributed by atoms with Gasteiger partial charge in [0.15, 0.2) is 0 Å². The summed E-state index contributed by atoms with van der Waals surface area (Å²) in [5, 5.41) is 6.15. The molecule has 1 saturated heterocycles. The van der Waals surface area contributed by atoms with Gasteiger partial charge < -0.3 is 20.3 Å². The maximum atomic E-state index is 11.9. The van der Waals surface area contributed by atoms with Gasteiger partial charge in [-0.05, 0) is 31.8 Å². The molecule has 0 saturated carbocycles. The van der Waals surface area contributed by atoms with Crippen LogP contribution in [0.2, 0.25) is 0 Å². The van der Waals surface area contributed by atoms with Crippen molar-refractivity contribution in [2.24, 2.45) is 5.92 Å². The minimum Gasteiger partial charge on any atom is -0.497 e. The number of amides is 1. The number of ether oxygens (including phenoxy) is 1. The Labute approximate surface area is 132 Å². The highest BCUT2D eigenvalue weighted by Crippen LogP contribution is 2.22. The van der Waals surface area contributed by atoms with Gasteiger partial charge in [-0.3, -0.25) is 4.79 Å². The minimum atomic E-state index is 0. The molecule has 1 aromatic carbocycles. The van der Waals surface area contributed by atoms with E-state index in [1.165, 1.54) is 0 Å². The minimum absolute atomic E-state index is 0. The molecule has 0 radical (unpaired) electrons. The van der Waals surface area contributed by atoms with Crippen LogP contribution in [0.25, 0.3) is 0 Å². The predicted octanol–water partition coefficient (Wildman–Crippen LogP) is 1.06. The Balaban J connectivity index is 0.00000220. The van der Waals surface area contributed by atoms with Gasteiger partial charge in [-0.25, -0.2) is 0 Å². The summed E-state index contributed by atoms with van der Waals surface area (Å²) >= 11 is 0. The summed E-state index contributed by atoms with van der Waals surface area (Å²) in [5.74, 6) is 1.10. The maximum absolute atomic E-state index is 11.9. The van der Waals surface area contributed by atoms with Crippen LogP contribution in [0.4, 0.5) is 0 Å². The molecule has 2 rings (SSSR count). The van der Waals surface area contributed by atoms with Crippen molar-refractivity contribution >= 4 is 18.3 Å². The summed E-state index contributed by atoms with van der Waals surface area (Å²) in [6.45, 7) is 2.19. The Hall–Kier alpha value is -1.30. The lowest BCUT2D eigenvalue weighted by molar-refractivity contribution is -0.126. The summed E-state index contributed by atoms with van der Waals surface area (Å²) in [6.07, 6.45) is 0. The molecule has 21 heavy (non-hydrogen) atoms. The molecule has 1 aliphatic heterocycles. The zero-order valence-electron chi connectivity index (χ0n) is 12.8. The average Bonchev–Trinajstić information content (AvgIpc) is 2.36. The van der Waals surface area contributed by atoms with Crippen molar-refractivity contribution < 1.29 is 9.53 Å². The molecular weight excluding hydrogens is 290 g/mol. The summed E-state index contributed by atoms with van der Waals surface area (Å²) < 4.78 is 5.26. The third-order valence-corrected chi connectivity index (χ3v) is 3.72. The van der Waals surface area contributed by atoms with Crippen LogP contribution in [0.1, 0.15) is 11.6 Å². The second-order valence-corrected chi connectivity index (χ2v) is 5.36. The summed E-state index contributed by atoms with van der Waals surface area (Å²) in [5.41, 5.74) is 1.14. The molecule has 5 nitrogen and oxygen atoms in total. The normalized spacial score (nSPS) is 15.8. The van der Waals surface area contributed by atoms with Crippen molar-refractivity contribution in [2.45, 2.75) is 6.04 Å². The van der Waals surface area contributed by atoms with Crippen LogP contribution in [0.15, 0.2) is 24.3 Å². The highest BCUT2D eigenvalue weighted by atomic mass is 35.5. The first-order valence-electron chi connectivity index (χ1n) is 6.90. The zero-order chi connectivity index (χ0) is 14.5. The van der Waals surface area contributed by atoms with Crippen LogP contribution >= 0.6 is 12.4 Å². The molecule has 1 atom stereocenters. The third kappa shape index (κ3) is 4.59. The van der Waals surface area contributed by atoms with Crippen LogP contribution in [-0.4, -0.2) is 51.6 Å². The molecule has 2 N–H and O–H groups in total. The molecule has 1 aromatic rings. The van der Waals surface area contributed by atoms with Gasteiger partial charge in [0, 0.05) is 19.6 Å². The highest BCUT2D eigenvalue weighted by Gasteiger charge is 2.25. The molecule has 0 bridgehead atoms. The number of rotatable bonds is 6. The van der Waals surface area contributed by atoms with Gasteiger partial charge in [0.25, 0.3) is 0 Å². The molecule has 118 valence electrons. The average molecular weight is 314 g/mol.